The number of aromatic nitrogens is 1. The van der Waals surface area contributed by atoms with Crippen molar-refractivity contribution in [3.05, 3.63) is 22.3 Å². The summed E-state index contributed by atoms with van der Waals surface area (Å²) in [7, 11) is 1.22. The van der Waals surface area contributed by atoms with Crippen molar-refractivity contribution < 1.29 is 23.4 Å². The lowest BCUT2D eigenvalue weighted by molar-refractivity contribution is 0.0682. The molecule has 1 rings (SSSR count). The van der Waals surface area contributed by atoms with E-state index in [1.54, 1.807) is 0 Å². The Morgan fingerprint density at radius 1 is 1.67 bits per heavy atom. The van der Waals surface area contributed by atoms with Gasteiger partial charge in [-0.1, -0.05) is 11.6 Å². The van der Waals surface area contributed by atoms with Gasteiger partial charge in [0.2, 0.25) is 5.88 Å². The quantitative estimate of drug-likeness (QED) is 0.877. The summed E-state index contributed by atoms with van der Waals surface area (Å²) in [5.74, 6) is -1.70. The van der Waals surface area contributed by atoms with Gasteiger partial charge in [-0.25, -0.2) is 18.6 Å². The van der Waals surface area contributed by atoms with E-state index in [2.05, 4.69) is 9.72 Å². The number of carbonyl (C=O) groups is 1. The summed E-state index contributed by atoms with van der Waals surface area (Å²) < 4.78 is 29.5. The number of carboxylic acid groups (broad SMARTS) is 1. The molecular formula is C8H6ClF2NO3. The van der Waals surface area contributed by atoms with Crippen LogP contribution in [0.3, 0.4) is 0 Å². The summed E-state index contributed by atoms with van der Waals surface area (Å²) in [4.78, 5) is 14.0. The molecule has 0 radical (unpaired) electrons. The number of hydrogen-bond acceptors (Lipinski definition) is 3. The Morgan fingerprint density at radius 3 is 2.67 bits per heavy atom. The van der Waals surface area contributed by atoms with Crippen LogP contribution in [0.2, 0.25) is 5.02 Å². The van der Waals surface area contributed by atoms with Gasteiger partial charge in [-0.05, 0) is 0 Å². The molecule has 82 valence electrons. The normalized spacial score (nSPS) is 10.5. The Kier molecular flexibility index (Phi) is 3.41. The largest absolute Gasteiger partial charge is 0.481 e. The molecular weight excluding hydrogens is 232 g/mol. The van der Waals surface area contributed by atoms with Gasteiger partial charge in [0.1, 0.15) is 11.3 Å². The van der Waals surface area contributed by atoms with Gasteiger partial charge in [-0.2, -0.15) is 0 Å². The Labute approximate surface area is 88.4 Å². The molecule has 15 heavy (non-hydrogen) atoms. The SMILES string of the molecule is COc1cc(Cl)c(C(=O)O)c(C(F)F)n1. The highest BCUT2D eigenvalue weighted by Gasteiger charge is 2.24. The van der Waals surface area contributed by atoms with Gasteiger partial charge in [0, 0.05) is 6.07 Å². The van der Waals surface area contributed by atoms with Crippen LogP contribution >= 0.6 is 11.6 Å². The summed E-state index contributed by atoms with van der Waals surface area (Å²) in [6.07, 6.45) is -3.02. The molecule has 0 aromatic carbocycles. The number of nitrogens with zero attached hydrogens (tertiary/aromatic N) is 1. The molecule has 0 aliphatic carbocycles. The first kappa shape index (κ1) is 11.6. The number of carboxylic acids is 1. The van der Waals surface area contributed by atoms with Crippen LogP contribution in [0.25, 0.3) is 0 Å². The first-order valence-electron chi connectivity index (χ1n) is 3.73. The van der Waals surface area contributed by atoms with E-state index in [9.17, 15) is 13.6 Å². The van der Waals surface area contributed by atoms with Crippen molar-refractivity contribution >= 4 is 17.6 Å². The van der Waals surface area contributed by atoms with E-state index in [1.165, 1.54) is 7.11 Å². The number of ether oxygens (including phenoxy) is 1. The van der Waals surface area contributed by atoms with Crippen molar-refractivity contribution in [3.63, 3.8) is 0 Å². The van der Waals surface area contributed by atoms with E-state index in [-0.39, 0.29) is 10.9 Å². The predicted octanol–water partition coefficient (Wildman–Crippen LogP) is 2.38. The average Bonchev–Trinajstić information content (AvgIpc) is 2.15. The molecule has 1 heterocycles. The molecule has 0 unspecified atom stereocenters. The Morgan fingerprint density at radius 2 is 2.27 bits per heavy atom. The van der Waals surface area contributed by atoms with Crippen molar-refractivity contribution in [1.29, 1.82) is 0 Å². The van der Waals surface area contributed by atoms with Crippen LogP contribution in [0.1, 0.15) is 22.5 Å². The summed E-state index contributed by atoms with van der Waals surface area (Å²) in [5.41, 5.74) is -1.60. The lowest BCUT2D eigenvalue weighted by Gasteiger charge is -2.08. The van der Waals surface area contributed by atoms with E-state index >= 15 is 0 Å². The topological polar surface area (TPSA) is 59.4 Å². The second-order valence-electron chi connectivity index (χ2n) is 2.51. The highest BCUT2D eigenvalue weighted by atomic mass is 35.5. The smallest absolute Gasteiger partial charge is 0.339 e. The molecule has 0 aliphatic heterocycles. The van der Waals surface area contributed by atoms with Gasteiger partial charge in [0.05, 0.1) is 12.1 Å². The zero-order valence-electron chi connectivity index (χ0n) is 7.50. The van der Waals surface area contributed by atoms with E-state index in [4.69, 9.17) is 16.7 Å². The van der Waals surface area contributed by atoms with Gasteiger partial charge in [-0.3, -0.25) is 0 Å². The zero-order chi connectivity index (χ0) is 11.6. The molecule has 1 aromatic heterocycles. The first-order chi connectivity index (χ1) is 6.97. The third kappa shape index (κ3) is 2.33. The predicted molar refractivity (Wildman–Crippen MR) is 47.7 cm³/mol. The lowest BCUT2D eigenvalue weighted by Crippen LogP contribution is -2.07. The molecule has 0 aliphatic rings. The number of methoxy groups -OCH3 is 1. The van der Waals surface area contributed by atoms with Crippen LogP contribution in [0, 0.1) is 0 Å². The molecule has 0 atom stereocenters. The fraction of sp³-hybridized carbons (Fsp3) is 0.250. The van der Waals surface area contributed by atoms with Crippen molar-refractivity contribution in [2.45, 2.75) is 6.43 Å². The summed E-state index contributed by atoms with van der Waals surface area (Å²) in [6.45, 7) is 0. The molecule has 0 saturated carbocycles. The van der Waals surface area contributed by atoms with Gasteiger partial charge in [0.25, 0.3) is 6.43 Å². The molecule has 0 bridgehead atoms. The standard InChI is InChI=1S/C8H6ClF2NO3/c1-15-4-2-3(9)5(8(13)14)6(12-4)7(10)11/h2,7H,1H3,(H,13,14). The summed E-state index contributed by atoms with van der Waals surface area (Å²) in [6, 6.07) is 1.07. The Hall–Kier alpha value is -1.43. The number of aromatic carboxylic acids is 1. The number of halogens is 3. The monoisotopic (exact) mass is 237 g/mol. The highest BCUT2D eigenvalue weighted by Crippen LogP contribution is 2.29. The van der Waals surface area contributed by atoms with E-state index in [0.717, 1.165) is 6.07 Å². The van der Waals surface area contributed by atoms with Gasteiger partial charge >= 0.3 is 5.97 Å². The van der Waals surface area contributed by atoms with Crippen molar-refractivity contribution in [1.82, 2.24) is 4.98 Å². The molecule has 7 heteroatoms. The molecule has 1 N–H and O–H groups in total. The van der Waals surface area contributed by atoms with Crippen LogP contribution < -0.4 is 4.74 Å². The molecule has 0 amide bonds. The Bertz CT molecular complexity index is 398. The fourth-order valence-corrected chi connectivity index (χ4v) is 1.25. The van der Waals surface area contributed by atoms with Gasteiger partial charge < -0.3 is 9.84 Å². The lowest BCUT2D eigenvalue weighted by atomic mass is 10.2. The highest BCUT2D eigenvalue weighted by molar-refractivity contribution is 6.33. The molecule has 1 aromatic rings. The molecule has 4 nitrogen and oxygen atoms in total. The minimum atomic E-state index is -3.02. The van der Waals surface area contributed by atoms with Crippen LogP contribution in [0.15, 0.2) is 6.07 Å². The van der Waals surface area contributed by atoms with Crippen molar-refractivity contribution in [3.8, 4) is 5.88 Å². The third-order valence-electron chi connectivity index (χ3n) is 1.61. The number of alkyl halides is 2. The maximum Gasteiger partial charge on any atom is 0.339 e. The maximum atomic E-state index is 12.4. The fourth-order valence-electron chi connectivity index (χ4n) is 0.984. The third-order valence-corrected chi connectivity index (χ3v) is 1.90. The minimum Gasteiger partial charge on any atom is -0.481 e. The first-order valence-corrected chi connectivity index (χ1v) is 4.11. The average molecular weight is 238 g/mol. The maximum absolute atomic E-state index is 12.4. The Balaban J connectivity index is 3.42. The molecule has 0 spiro atoms. The van der Waals surface area contributed by atoms with Crippen molar-refractivity contribution in [2.75, 3.05) is 7.11 Å². The number of rotatable bonds is 3. The summed E-state index contributed by atoms with van der Waals surface area (Å²) >= 11 is 5.52. The summed E-state index contributed by atoms with van der Waals surface area (Å²) in [5, 5.41) is 8.33. The second kappa shape index (κ2) is 4.39. The van der Waals surface area contributed by atoms with E-state index < -0.39 is 23.7 Å². The van der Waals surface area contributed by atoms with E-state index in [1.807, 2.05) is 0 Å². The van der Waals surface area contributed by atoms with Crippen LogP contribution in [0.5, 0.6) is 5.88 Å². The molecule has 0 fully saturated rings. The molecule has 0 saturated heterocycles. The van der Waals surface area contributed by atoms with Gasteiger partial charge in [0.15, 0.2) is 0 Å². The zero-order valence-corrected chi connectivity index (χ0v) is 8.26. The van der Waals surface area contributed by atoms with Crippen LogP contribution in [-0.2, 0) is 0 Å². The van der Waals surface area contributed by atoms with Gasteiger partial charge in [-0.15, -0.1) is 0 Å². The number of hydrogen-bond donors (Lipinski definition) is 1. The number of pyridine rings is 1. The second-order valence-corrected chi connectivity index (χ2v) is 2.92. The van der Waals surface area contributed by atoms with Crippen molar-refractivity contribution in [2.24, 2.45) is 0 Å². The van der Waals surface area contributed by atoms with E-state index in [0.29, 0.717) is 0 Å². The van der Waals surface area contributed by atoms with Crippen LogP contribution in [0.4, 0.5) is 8.78 Å². The minimum absolute atomic E-state index is 0.152. The van der Waals surface area contributed by atoms with Crippen LogP contribution in [-0.4, -0.2) is 23.2 Å².